The fourth-order valence-electron chi connectivity index (χ4n) is 3.21. The second-order valence-electron chi connectivity index (χ2n) is 7.32. The minimum atomic E-state index is -0.0969. The smallest absolute Gasteiger partial charge is 0.230 e. The van der Waals surface area contributed by atoms with E-state index < -0.39 is 0 Å². The van der Waals surface area contributed by atoms with Crippen LogP contribution in [0.2, 0.25) is 5.02 Å². The molecule has 168 valence electrons. The Hall–Kier alpha value is -3.29. The first-order valence-electron chi connectivity index (χ1n) is 10.4. The molecule has 0 unspecified atom stereocenters. The van der Waals surface area contributed by atoms with Gasteiger partial charge in [-0.3, -0.25) is 9.36 Å². The van der Waals surface area contributed by atoms with Crippen LogP contribution in [0.4, 0.5) is 0 Å². The highest BCUT2D eigenvalue weighted by Crippen LogP contribution is 2.24. The van der Waals surface area contributed by atoms with Crippen molar-refractivity contribution < 1.29 is 9.53 Å². The van der Waals surface area contributed by atoms with E-state index >= 15 is 0 Å². The first-order chi connectivity index (χ1) is 16.1. The summed E-state index contributed by atoms with van der Waals surface area (Å²) in [6.45, 7) is 2.68. The van der Waals surface area contributed by atoms with Crippen LogP contribution in [0.25, 0.3) is 5.69 Å². The molecule has 1 amide bonds. The Bertz CT molecular complexity index is 1230. The molecule has 0 fully saturated rings. The first-order valence-corrected chi connectivity index (χ1v) is 11.8. The Kier molecular flexibility index (Phi) is 7.65. The van der Waals surface area contributed by atoms with E-state index in [-0.39, 0.29) is 18.3 Å². The summed E-state index contributed by atoms with van der Waals surface area (Å²) in [7, 11) is 0. The number of carbonyl (C=O) groups is 1. The number of halogens is 1. The van der Waals surface area contributed by atoms with E-state index in [1.807, 2.05) is 84.3 Å². The number of ether oxygens (including phenoxy) is 1. The first kappa shape index (κ1) is 22.9. The zero-order valence-corrected chi connectivity index (χ0v) is 19.6. The van der Waals surface area contributed by atoms with Gasteiger partial charge in [-0.05, 0) is 48.4 Å². The molecule has 6 nitrogen and oxygen atoms in total. The van der Waals surface area contributed by atoms with Crippen molar-refractivity contribution in [1.82, 2.24) is 20.1 Å². The molecule has 0 radical (unpaired) electrons. The number of thioether (sulfide) groups is 1. The van der Waals surface area contributed by atoms with Gasteiger partial charge in [0.15, 0.2) is 11.0 Å². The van der Waals surface area contributed by atoms with Gasteiger partial charge in [-0.1, -0.05) is 71.9 Å². The summed E-state index contributed by atoms with van der Waals surface area (Å²) in [5, 5.41) is 12.9. The minimum Gasteiger partial charge on any atom is -0.485 e. The van der Waals surface area contributed by atoms with Crippen molar-refractivity contribution >= 4 is 29.3 Å². The maximum Gasteiger partial charge on any atom is 0.230 e. The third kappa shape index (κ3) is 6.15. The molecule has 4 aromatic rings. The molecule has 0 aliphatic carbocycles. The van der Waals surface area contributed by atoms with Gasteiger partial charge in [0, 0.05) is 17.3 Å². The number of rotatable bonds is 9. The number of benzene rings is 3. The number of nitrogens with one attached hydrogen (secondary N) is 1. The van der Waals surface area contributed by atoms with Crippen molar-refractivity contribution in [3.05, 3.63) is 101 Å². The van der Waals surface area contributed by atoms with Gasteiger partial charge in [-0.15, -0.1) is 10.2 Å². The van der Waals surface area contributed by atoms with Crippen LogP contribution in [0, 0.1) is 6.92 Å². The number of aryl methyl sites for hydroxylation is 1. The topological polar surface area (TPSA) is 69.0 Å². The summed E-state index contributed by atoms with van der Waals surface area (Å²) < 4.78 is 7.92. The molecule has 1 aromatic heterocycles. The molecule has 1 heterocycles. The second-order valence-corrected chi connectivity index (χ2v) is 8.70. The maximum absolute atomic E-state index is 12.4. The number of amides is 1. The van der Waals surface area contributed by atoms with Gasteiger partial charge in [0.2, 0.25) is 5.91 Å². The van der Waals surface area contributed by atoms with Crippen LogP contribution in [0.1, 0.15) is 17.0 Å². The Labute approximate surface area is 202 Å². The SMILES string of the molecule is Cc1ccccc1OCc1nnc(SCC(=O)NCc2cccc(Cl)c2)n1-c1ccccc1. The highest BCUT2D eigenvalue weighted by Gasteiger charge is 2.16. The molecule has 0 atom stereocenters. The van der Waals surface area contributed by atoms with Crippen molar-refractivity contribution in [3.8, 4) is 11.4 Å². The van der Waals surface area contributed by atoms with Crippen LogP contribution in [0.3, 0.4) is 0 Å². The molecule has 3 aromatic carbocycles. The van der Waals surface area contributed by atoms with Crippen molar-refractivity contribution in [2.45, 2.75) is 25.2 Å². The van der Waals surface area contributed by atoms with Crippen molar-refractivity contribution in [2.24, 2.45) is 0 Å². The fourth-order valence-corrected chi connectivity index (χ4v) is 4.23. The molecule has 0 aliphatic heterocycles. The van der Waals surface area contributed by atoms with Crippen LogP contribution in [-0.2, 0) is 17.9 Å². The Morgan fingerprint density at radius 1 is 1.03 bits per heavy atom. The van der Waals surface area contributed by atoms with Crippen LogP contribution in [-0.4, -0.2) is 26.4 Å². The summed E-state index contributed by atoms with van der Waals surface area (Å²) in [5.74, 6) is 1.57. The number of para-hydroxylation sites is 2. The van der Waals surface area contributed by atoms with Crippen LogP contribution < -0.4 is 10.1 Å². The van der Waals surface area contributed by atoms with E-state index in [1.165, 1.54) is 11.8 Å². The lowest BCUT2D eigenvalue weighted by atomic mass is 10.2. The maximum atomic E-state index is 12.4. The normalized spacial score (nSPS) is 10.7. The monoisotopic (exact) mass is 478 g/mol. The predicted molar refractivity (Wildman–Crippen MR) is 131 cm³/mol. The zero-order valence-electron chi connectivity index (χ0n) is 18.1. The molecular formula is C25H23ClN4O2S. The molecule has 1 N–H and O–H groups in total. The molecule has 0 spiro atoms. The van der Waals surface area contributed by atoms with E-state index in [2.05, 4.69) is 15.5 Å². The number of aromatic nitrogens is 3. The zero-order chi connectivity index (χ0) is 23.0. The van der Waals surface area contributed by atoms with Crippen molar-refractivity contribution in [3.63, 3.8) is 0 Å². The van der Waals surface area contributed by atoms with E-state index in [1.54, 1.807) is 6.07 Å². The van der Waals surface area contributed by atoms with E-state index in [0.29, 0.717) is 22.5 Å². The molecule has 0 aliphatic rings. The van der Waals surface area contributed by atoms with Gasteiger partial charge in [0.05, 0.1) is 5.75 Å². The van der Waals surface area contributed by atoms with Crippen LogP contribution in [0.15, 0.2) is 84.0 Å². The summed E-state index contributed by atoms with van der Waals surface area (Å²) in [6, 6.07) is 25.1. The van der Waals surface area contributed by atoms with Crippen molar-refractivity contribution in [1.29, 1.82) is 0 Å². The third-order valence-corrected chi connectivity index (χ3v) is 6.04. The van der Waals surface area contributed by atoms with Gasteiger partial charge < -0.3 is 10.1 Å². The molecule has 33 heavy (non-hydrogen) atoms. The average molecular weight is 479 g/mol. The summed E-state index contributed by atoms with van der Waals surface area (Å²) in [4.78, 5) is 12.4. The molecule has 4 rings (SSSR count). The van der Waals surface area contributed by atoms with Gasteiger partial charge >= 0.3 is 0 Å². The predicted octanol–water partition coefficient (Wildman–Crippen LogP) is 5.22. The summed E-state index contributed by atoms with van der Waals surface area (Å²) in [6.07, 6.45) is 0. The van der Waals surface area contributed by atoms with Gasteiger partial charge in [0.25, 0.3) is 0 Å². The molecule has 0 saturated heterocycles. The van der Waals surface area contributed by atoms with Crippen LogP contribution in [0.5, 0.6) is 5.75 Å². The molecule has 0 bridgehead atoms. The number of carbonyl (C=O) groups excluding carboxylic acids is 1. The highest BCUT2D eigenvalue weighted by molar-refractivity contribution is 7.99. The van der Waals surface area contributed by atoms with E-state index in [9.17, 15) is 4.79 Å². The van der Waals surface area contributed by atoms with Gasteiger partial charge in [0.1, 0.15) is 12.4 Å². The van der Waals surface area contributed by atoms with Crippen LogP contribution >= 0.6 is 23.4 Å². The quantitative estimate of drug-likeness (QED) is 0.334. The number of hydrogen-bond acceptors (Lipinski definition) is 5. The number of hydrogen-bond donors (Lipinski definition) is 1. The lowest BCUT2D eigenvalue weighted by Gasteiger charge is -2.12. The van der Waals surface area contributed by atoms with Gasteiger partial charge in [-0.2, -0.15) is 0 Å². The molecule has 8 heteroatoms. The van der Waals surface area contributed by atoms with E-state index in [4.69, 9.17) is 16.3 Å². The largest absolute Gasteiger partial charge is 0.485 e. The Balaban J connectivity index is 1.45. The average Bonchev–Trinajstić information content (AvgIpc) is 3.24. The van der Waals surface area contributed by atoms with Gasteiger partial charge in [-0.25, -0.2) is 0 Å². The second kappa shape index (κ2) is 11.0. The molecular weight excluding hydrogens is 456 g/mol. The van der Waals surface area contributed by atoms with Crippen molar-refractivity contribution in [2.75, 3.05) is 5.75 Å². The summed E-state index contributed by atoms with van der Waals surface area (Å²) >= 11 is 7.34. The number of nitrogens with zero attached hydrogens (tertiary/aromatic N) is 3. The Morgan fingerprint density at radius 3 is 2.61 bits per heavy atom. The fraction of sp³-hybridized carbons (Fsp3) is 0.160. The minimum absolute atomic E-state index is 0.0969. The Morgan fingerprint density at radius 2 is 1.82 bits per heavy atom. The van der Waals surface area contributed by atoms with E-state index in [0.717, 1.165) is 22.6 Å². The standard InChI is InChI=1S/C25H23ClN4O2S/c1-18-8-5-6-13-22(18)32-16-23-28-29-25(30(23)21-11-3-2-4-12-21)33-17-24(31)27-15-19-9-7-10-20(26)14-19/h2-14H,15-17H2,1H3,(H,27,31). The molecule has 0 saturated carbocycles. The lowest BCUT2D eigenvalue weighted by molar-refractivity contribution is -0.118. The summed E-state index contributed by atoms with van der Waals surface area (Å²) in [5.41, 5.74) is 2.91. The third-order valence-electron chi connectivity index (χ3n) is 4.88. The lowest BCUT2D eigenvalue weighted by Crippen LogP contribution is -2.24. The highest BCUT2D eigenvalue weighted by atomic mass is 35.5.